The van der Waals surface area contributed by atoms with Crippen LogP contribution in [0.2, 0.25) is 0 Å². The molecule has 2 saturated heterocycles. The first-order valence-electron chi connectivity index (χ1n) is 13.1. The van der Waals surface area contributed by atoms with Crippen LogP contribution < -0.4 is 10.1 Å². The molecule has 3 aromatic heterocycles. The van der Waals surface area contributed by atoms with E-state index in [1.165, 1.54) is 18.4 Å². The first-order valence-corrected chi connectivity index (χ1v) is 14.0. The number of ether oxygens (including phenoxy) is 3. The highest BCUT2D eigenvalue weighted by atomic mass is 32.1. The van der Waals surface area contributed by atoms with Gasteiger partial charge in [-0.05, 0) is 33.6 Å². The van der Waals surface area contributed by atoms with E-state index in [-0.39, 0.29) is 35.5 Å². The van der Waals surface area contributed by atoms with Crippen molar-refractivity contribution in [2.45, 2.75) is 45.3 Å². The van der Waals surface area contributed by atoms with Gasteiger partial charge in [0.2, 0.25) is 5.88 Å². The maximum Gasteiger partial charge on any atom is 0.410 e. The molecule has 214 valence electrons. The van der Waals surface area contributed by atoms with Gasteiger partial charge in [0.15, 0.2) is 5.82 Å². The van der Waals surface area contributed by atoms with Crippen molar-refractivity contribution in [2.24, 2.45) is 5.92 Å². The molecular formula is C26H33N7O6S. The maximum atomic E-state index is 13.5. The Balaban J connectivity index is 1.29. The van der Waals surface area contributed by atoms with Gasteiger partial charge >= 0.3 is 12.2 Å². The molecule has 40 heavy (non-hydrogen) atoms. The lowest BCUT2D eigenvalue weighted by atomic mass is 10.0. The van der Waals surface area contributed by atoms with Gasteiger partial charge in [0.05, 0.1) is 25.5 Å². The minimum absolute atomic E-state index is 0.0568. The highest BCUT2D eigenvalue weighted by molar-refractivity contribution is 7.16. The van der Waals surface area contributed by atoms with Gasteiger partial charge < -0.3 is 29.3 Å². The Morgan fingerprint density at radius 1 is 1.12 bits per heavy atom. The van der Waals surface area contributed by atoms with E-state index in [0.717, 1.165) is 4.83 Å². The average Bonchev–Trinajstić information content (AvgIpc) is 3.51. The van der Waals surface area contributed by atoms with E-state index >= 15 is 0 Å². The summed E-state index contributed by atoms with van der Waals surface area (Å²) in [7, 11) is 1.33. The van der Waals surface area contributed by atoms with Crippen LogP contribution >= 0.6 is 11.3 Å². The fourth-order valence-corrected chi connectivity index (χ4v) is 5.37. The molecule has 1 N–H and O–H groups in total. The van der Waals surface area contributed by atoms with Gasteiger partial charge in [-0.25, -0.2) is 19.1 Å². The van der Waals surface area contributed by atoms with Gasteiger partial charge in [-0.3, -0.25) is 4.79 Å². The smallest absolute Gasteiger partial charge is 0.410 e. The van der Waals surface area contributed by atoms with Gasteiger partial charge in [0.25, 0.3) is 5.91 Å². The molecule has 0 aliphatic carbocycles. The lowest BCUT2D eigenvalue weighted by Gasteiger charge is -2.39. The fourth-order valence-electron chi connectivity index (χ4n) is 4.58. The lowest BCUT2D eigenvalue weighted by molar-refractivity contribution is -0.00810. The van der Waals surface area contributed by atoms with Crippen molar-refractivity contribution in [1.82, 2.24) is 34.7 Å². The topological polar surface area (TPSA) is 140 Å². The number of nitrogens with zero attached hydrogens (tertiary/aromatic N) is 6. The molecule has 0 unspecified atom stereocenters. The molecule has 14 heteroatoms. The van der Waals surface area contributed by atoms with Crippen molar-refractivity contribution in [3.63, 3.8) is 0 Å². The Kier molecular flexibility index (Phi) is 7.79. The number of amides is 3. The number of hydrogen-bond acceptors (Lipinski definition) is 10. The highest BCUT2D eigenvalue weighted by Gasteiger charge is 2.34. The Bertz CT molecular complexity index is 1390. The normalized spacial score (nSPS) is 16.5. The zero-order valence-electron chi connectivity index (χ0n) is 23.0. The molecule has 2 aliphatic rings. The summed E-state index contributed by atoms with van der Waals surface area (Å²) in [6.45, 7) is 7.81. The summed E-state index contributed by atoms with van der Waals surface area (Å²) in [5, 5.41) is 9.06. The molecule has 0 aromatic carbocycles. The Hall–Kier alpha value is -3.94. The Morgan fingerprint density at radius 2 is 1.88 bits per heavy atom. The van der Waals surface area contributed by atoms with E-state index in [4.69, 9.17) is 9.47 Å². The molecule has 2 aliphatic heterocycles. The van der Waals surface area contributed by atoms with Crippen LogP contribution in [0.5, 0.6) is 5.88 Å². The van der Waals surface area contributed by atoms with E-state index in [1.807, 2.05) is 32.3 Å². The number of rotatable bonds is 6. The molecule has 5 rings (SSSR count). The Morgan fingerprint density at radius 3 is 2.58 bits per heavy atom. The van der Waals surface area contributed by atoms with Crippen molar-refractivity contribution in [1.29, 1.82) is 0 Å². The summed E-state index contributed by atoms with van der Waals surface area (Å²) in [6, 6.07) is 1.50. The Labute approximate surface area is 235 Å². The minimum Gasteiger partial charge on any atom is -0.477 e. The molecule has 0 atom stereocenters. The van der Waals surface area contributed by atoms with E-state index in [9.17, 15) is 14.4 Å². The molecular weight excluding hydrogens is 538 g/mol. The maximum absolute atomic E-state index is 13.5. The lowest BCUT2D eigenvalue weighted by Crippen LogP contribution is -2.53. The van der Waals surface area contributed by atoms with Crippen molar-refractivity contribution in [3.8, 4) is 17.3 Å². The molecule has 0 spiro atoms. The van der Waals surface area contributed by atoms with Gasteiger partial charge in [0, 0.05) is 55.8 Å². The molecule has 13 nitrogen and oxygen atoms in total. The number of likely N-dealkylation sites (tertiary alicyclic amines) is 2. The number of piperidine rings is 1. The summed E-state index contributed by atoms with van der Waals surface area (Å²) in [6.07, 6.45) is 3.92. The van der Waals surface area contributed by atoms with Crippen LogP contribution in [0, 0.1) is 5.92 Å². The van der Waals surface area contributed by atoms with Crippen molar-refractivity contribution >= 4 is 34.3 Å². The van der Waals surface area contributed by atoms with Crippen molar-refractivity contribution < 1.29 is 28.6 Å². The number of alkyl carbamates (subject to hydrolysis) is 1. The van der Waals surface area contributed by atoms with Crippen molar-refractivity contribution in [2.75, 3.05) is 39.9 Å². The molecule has 0 bridgehead atoms. The predicted molar refractivity (Wildman–Crippen MR) is 145 cm³/mol. The molecule has 3 aromatic rings. The predicted octanol–water partition coefficient (Wildman–Crippen LogP) is 3.06. The van der Waals surface area contributed by atoms with Crippen LogP contribution in [0.1, 0.15) is 44.1 Å². The first-order chi connectivity index (χ1) is 19.1. The molecule has 0 radical (unpaired) electrons. The van der Waals surface area contributed by atoms with E-state index < -0.39 is 11.7 Å². The van der Waals surface area contributed by atoms with Crippen LogP contribution in [-0.2, 0) is 9.47 Å². The van der Waals surface area contributed by atoms with Crippen LogP contribution in [0.4, 0.5) is 9.59 Å². The van der Waals surface area contributed by atoms with E-state index in [0.29, 0.717) is 57.0 Å². The largest absolute Gasteiger partial charge is 0.477 e. The third kappa shape index (κ3) is 6.27. The number of nitrogens with one attached hydrogen (secondary N) is 1. The zero-order valence-corrected chi connectivity index (χ0v) is 23.8. The number of aromatic nitrogens is 4. The molecule has 0 saturated carbocycles. The fraction of sp³-hybridized carbons (Fsp3) is 0.538. The monoisotopic (exact) mass is 571 g/mol. The van der Waals surface area contributed by atoms with Gasteiger partial charge in [-0.1, -0.05) is 0 Å². The van der Waals surface area contributed by atoms with Gasteiger partial charge in [-0.15, -0.1) is 11.3 Å². The van der Waals surface area contributed by atoms with Crippen LogP contribution in [0.15, 0.2) is 23.8 Å². The average molecular weight is 572 g/mol. The summed E-state index contributed by atoms with van der Waals surface area (Å²) < 4.78 is 17.9. The van der Waals surface area contributed by atoms with Crippen LogP contribution in [-0.4, -0.2) is 99.0 Å². The molecule has 2 fully saturated rings. The number of fused-ring (bicyclic) bond motifs is 1. The second kappa shape index (κ2) is 11.3. The number of carbonyl (C=O) groups excluding carboxylic acids is 3. The molecule has 5 heterocycles. The highest BCUT2D eigenvalue weighted by Crippen LogP contribution is 2.28. The number of thiazole rings is 1. The standard InChI is InChI=1S/C26H33N7O6S/c1-26(2,3)39-25(36)32-13-16(14-32)15-38-20-11-19(22(34)31-7-5-17(6-8-31)28-24(35)37-4)29-21(30-20)18-12-27-33-9-10-40-23(18)33/h9-12,16-17H,5-8,13-15H2,1-4H3,(H,28,35). The quantitative estimate of drug-likeness (QED) is 0.473. The van der Waals surface area contributed by atoms with Gasteiger partial charge in [0.1, 0.15) is 16.1 Å². The van der Waals surface area contributed by atoms with Crippen LogP contribution in [0.25, 0.3) is 16.2 Å². The van der Waals surface area contributed by atoms with E-state index in [2.05, 4.69) is 25.1 Å². The van der Waals surface area contributed by atoms with Crippen molar-refractivity contribution in [3.05, 3.63) is 29.5 Å². The SMILES string of the molecule is COC(=O)NC1CCN(C(=O)c2cc(OCC3CN(C(=O)OC(C)(C)C)C3)nc(-c3cnn4ccsc34)n2)CC1. The second-order valence-electron chi connectivity index (χ2n) is 10.9. The van der Waals surface area contributed by atoms with Crippen LogP contribution in [0.3, 0.4) is 0 Å². The van der Waals surface area contributed by atoms with E-state index in [1.54, 1.807) is 26.6 Å². The molecule has 3 amide bonds. The third-order valence-corrected chi connectivity index (χ3v) is 7.55. The summed E-state index contributed by atoms with van der Waals surface area (Å²) in [5.41, 5.74) is 0.378. The number of hydrogen-bond donors (Lipinski definition) is 1. The minimum atomic E-state index is -0.548. The number of methoxy groups -OCH3 is 1. The zero-order chi connectivity index (χ0) is 28.4. The summed E-state index contributed by atoms with van der Waals surface area (Å²) in [4.78, 5) is 50.7. The number of carbonyl (C=O) groups is 3. The summed E-state index contributed by atoms with van der Waals surface area (Å²) >= 11 is 1.50. The third-order valence-electron chi connectivity index (χ3n) is 6.66. The second-order valence-corrected chi connectivity index (χ2v) is 11.8. The first kappa shape index (κ1) is 27.6. The van der Waals surface area contributed by atoms with Gasteiger partial charge in [-0.2, -0.15) is 10.1 Å². The summed E-state index contributed by atoms with van der Waals surface area (Å²) in [5.74, 6) is 0.512.